The van der Waals surface area contributed by atoms with E-state index < -0.39 is 10.8 Å². The number of esters is 2. The Morgan fingerprint density at radius 2 is 1.50 bits per heavy atom. The van der Waals surface area contributed by atoms with Crippen LogP contribution in [0.2, 0.25) is 0 Å². The molecule has 0 aromatic rings. The summed E-state index contributed by atoms with van der Waals surface area (Å²) in [5.74, 6) is 0.183. The Morgan fingerprint density at radius 1 is 1.07 bits per heavy atom. The Hall–Kier alpha value is -0.860. The third-order valence-corrected chi connectivity index (χ3v) is 5.18. The van der Waals surface area contributed by atoms with Crippen molar-refractivity contribution in [3.63, 3.8) is 0 Å². The second-order valence-corrected chi connectivity index (χ2v) is 5.29. The van der Waals surface area contributed by atoms with E-state index in [1.165, 1.54) is 0 Å². The number of hydrogen-bond acceptors (Lipinski definition) is 3. The van der Waals surface area contributed by atoms with Gasteiger partial charge in [-0.25, -0.2) is 0 Å². The molecule has 1 saturated heterocycles. The number of cyclic esters (lactones) is 2. The van der Waals surface area contributed by atoms with Crippen molar-refractivity contribution in [1.82, 2.24) is 0 Å². The first-order valence-corrected chi connectivity index (χ1v) is 5.28. The maximum atomic E-state index is 11.7. The van der Waals surface area contributed by atoms with E-state index in [0.717, 1.165) is 19.3 Å². The van der Waals surface area contributed by atoms with E-state index in [1.54, 1.807) is 0 Å². The molecule has 2 aliphatic carbocycles. The summed E-state index contributed by atoms with van der Waals surface area (Å²) in [5.41, 5.74) is -1.04. The molecule has 3 heteroatoms. The monoisotopic (exact) mass is 194 g/mol. The number of carbonyl (C=O) groups excluding carboxylic acids is 2. The Bertz CT molecular complexity index is 316. The molecule has 4 unspecified atom stereocenters. The molecule has 1 aliphatic heterocycles. The number of ether oxygens (including phenoxy) is 1. The van der Waals surface area contributed by atoms with Crippen molar-refractivity contribution in [2.45, 2.75) is 33.1 Å². The molecule has 3 nitrogen and oxygen atoms in total. The quantitative estimate of drug-likeness (QED) is 0.433. The van der Waals surface area contributed by atoms with E-state index in [9.17, 15) is 9.59 Å². The molecule has 14 heavy (non-hydrogen) atoms. The highest BCUT2D eigenvalue weighted by molar-refractivity contribution is 6.02. The van der Waals surface area contributed by atoms with E-state index in [0.29, 0.717) is 11.8 Å². The molecular formula is C11H14O3. The fourth-order valence-electron chi connectivity index (χ4n) is 3.93. The van der Waals surface area contributed by atoms with Crippen LogP contribution in [0.25, 0.3) is 0 Å². The lowest BCUT2D eigenvalue weighted by Gasteiger charge is -2.37. The minimum Gasteiger partial charge on any atom is -0.392 e. The van der Waals surface area contributed by atoms with Crippen LogP contribution in [0.5, 0.6) is 0 Å². The lowest BCUT2D eigenvalue weighted by Crippen LogP contribution is -2.45. The van der Waals surface area contributed by atoms with Crippen molar-refractivity contribution in [3.05, 3.63) is 0 Å². The number of carbonyl (C=O) groups is 2. The van der Waals surface area contributed by atoms with Crippen molar-refractivity contribution >= 4 is 11.9 Å². The zero-order valence-electron chi connectivity index (χ0n) is 8.50. The van der Waals surface area contributed by atoms with Crippen molar-refractivity contribution in [2.75, 3.05) is 0 Å². The van der Waals surface area contributed by atoms with Gasteiger partial charge in [0.05, 0.1) is 10.8 Å². The van der Waals surface area contributed by atoms with Gasteiger partial charge in [-0.3, -0.25) is 9.59 Å². The third-order valence-electron chi connectivity index (χ3n) is 5.18. The minimum absolute atomic E-state index is 0.280. The molecule has 0 N–H and O–H groups in total. The van der Waals surface area contributed by atoms with Crippen molar-refractivity contribution < 1.29 is 14.3 Å². The zero-order chi connectivity index (χ0) is 10.1. The van der Waals surface area contributed by atoms with Crippen molar-refractivity contribution in [3.8, 4) is 0 Å². The van der Waals surface area contributed by atoms with Crippen LogP contribution in [0, 0.1) is 22.7 Å². The summed E-state index contributed by atoms with van der Waals surface area (Å²) in [6.45, 7) is 3.84. The summed E-state index contributed by atoms with van der Waals surface area (Å²) >= 11 is 0. The highest BCUT2D eigenvalue weighted by Crippen LogP contribution is 2.69. The van der Waals surface area contributed by atoms with Gasteiger partial charge in [0, 0.05) is 0 Å². The van der Waals surface area contributed by atoms with Crippen molar-refractivity contribution in [1.29, 1.82) is 0 Å². The van der Waals surface area contributed by atoms with Gasteiger partial charge in [-0.2, -0.15) is 0 Å². The van der Waals surface area contributed by atoms with Crippen LogP contribution >= 0.6 is 0 Å². The second-order valence-electron chi connectivity index (χ2n) is 5.29. The van der Waals surface area contributed by atoms with E-state index in [4.69, 9.17) is 4.74 Å². The van der Waals surface area contributed by atoms with Gasteiger partial charge in [0.15, 0.2) is 0 Å². The second kappa shape index (κ2) is 2.05. The van der Waals surface area contributed by atoms with E-state index in [-0.39, 0.29) is 11.9 Å². The average Bonchev–Trinajstić information content (AvgIpc) is 2.73. The lowest BCUT2D eigenvalue weighted by molar-refractivity contribution is -0.157. The van der Waals surface area contributed by atoms with Gasteiger partial charge < -0.3 is 4.74 Å². The van der Waals surface area contributed by atoms with Gasteiger partial charge in [-0.05, 0) is 44.9 Å². The number of hydrogen-bond donors (Lipinski definition) is 0. The topological polar surface area (TPSA) is 43.4 Å². The van der Waals surface area contributed by atoms with E-state index in [1.807, 2.05) is 13.8 Å². The van der Waals surface area contributed by atoms with Gasteiger partial charge in [0.2, 0.25) is 0 Å². The molecule has 0 spiro atoms. The van der Waals surface area contributed by atoms with Gasteiger partial charge in [-0.15, -0.1) is 0 Å². The SMILES string of the molecule is CC12C(=O)OC(=O)C1(C)C1CCC2C1. The first-order chi connectivity index (χ1) is 6.51. The maximum absolute atomic E-state index is 11.7. The number of rotatable bonds is 0. The molecule has 1 heterocycles. The largest absolute Gasteiger partial charge is 0.392 e. The molecule has 2 bridgehead atoms. The summed E-state index contributed by atoms with van der Waals surface area (Å²) in [6, 6.07) is 0. The Balaban J connectivity index is 2.21. The van der Waals surface area contributed by atoms with Crippen LogP contribution in [-0.4, -0.2) is 11.9 Å². The highest BCUT2D eigenvalue weighted by atomic mass is 16.6. The van der Waals surface area contributed by atoms with Gasteiger partial charge in [0.25, 0.3) is 0 Å². The van der Waals surface area contributed by atoms with Crippen LogP contribution in [0.15, 0.2) is 0 Å². The predicted octanol–water partition coefficient (Wildman–Crippen LogP) is 1.51. The van der Waals surface area contributed by atoms with Gasteiger partial charge in [-0.1, -0.05) is 0 Å². The standard InChI is InChI=1S/C11H14O3/c1-10-6-3-4-7(5-6)11(10,2)9(13)14-8(10)12/h6-7H,3-5H2,1-2H3. The first kappa shape index (κ1) is 8.45. The summed E-state index contributed by atoms with van der Waals surface area (Å²) in [6.07, 6.45) is 3.20. The molecule has 4 atom stereocenters. The van der Waals surface area contributed by atoms with Crippen LogP contribution in [-0.2, 0) is 14.3 Å². The maximum Gasteiger partial charge on any atom is 0.320 e. The summed E-state index contributed by atoms with van der Waals surface area (Å²) in [5, 5.41) is 0. The highest BCUT2D eigenvalue weighted by Gasteiger charge is 2.75. The molecule has 0 aromatic carbocycles. The molecule has 3 fully saturated rings. The summed E-state index contributed by atoms with van der Waals surface area (Å²) in [4.78, 5) is 23.5. The third kappa shape index (κ3) is 0.562. The molecule has 2 saturated carbocycles. The predicted molar refractivity (Wildman–Crippen MR) is 48.1 cm³/mol. The molecule has 76 valence electrons. The Kier molecular flexibility index (Phi) is 1.23. The first-order valence-electron chi connectivity index (χ1n) is 5.28. The molecule has 0 amide bonds. The van der Waals surface area contributed by atoms with Crippen LogP contribution in [0.1, 0.15) is 33.1 Å². The van der Waals surface area contributed by atoms with Gasteiger partial charge in [0.1, 0.15) is 0 Å². The lowest BCUT2D eigenvalue weighted by atomic mass is 9.59. The normalized spacial score (nSPS) is 55.0. The van der Waals surface area contributed by atoms with Crippen LogP contribution in [0.3, 0.4) is 0 Å². The average molecular weight is 194 g/mol. The Labute approximate surface area is 82.8 Å². The zero-order valence-corrected chi connectivity index (χ0v) is 8.50. The summed E-state index contributed by atoms with van der Waals surface area (Å²) < 4.78 is 4.84. The fourth-order valence-corrected chi connectivity index (χ4v) is 3.93. The van der Waals surface area contributed by atoms with E-state index in [2.05, 4.69) is 0 Å². The van der Waals surface area contributed by atoms with Gasteiger partial charge >= 0.3 is 11.9 Å². The number of fused-ring (bicyclic) bond motifs is 5. The molecule has 0 aromatic heterocycles. The van der Waals surface area contributed by atoms with Crippen LogP contribution < -0.4 is 0 Å². The minimum atomic E-state index is -0.521. The molecular weight excluding hydrogens is 180 g/mol. The fraction of sp³-hybridized carbons (Fsp3) is 0.818. The van der Waals surface area contributed by atoms with Crippen molar-refractivity contribution in [2.24, 2.45) is 22.7 Å². The molecule has 0 radical (unpaired) electrons. The molecule has 3 rings (SSSR count). The smallest absolute Gasteiger partial charge is 0.320 e. The molecule has 3 aliphatic rings. The van der Waals surface area contributed by atoms with E-state index >= 15 is 0 Å². The Morgan fingerprint density at radius 3 is 1.93 bits per heavy atom. The van der Waals surface area contributed by atoms with Crippen LogP contribution in [0.4, 0.5) is 0 Å². The summed E-state index contributed by atoms with van der Waals surface area (Å²) in [7, 11) is 0.